The van der Waals surface area contributed by atoms with Crippen molar-refractivity contribution in [3.05, 3.63) is 63.3 Å². The predicted molar refractivity (Wildman–Crippen MR) is 85.9 cm³/mol. The van der Waals surface area contributed by atoms with Crippen molar-refractivity contribution in [2.45, 2.75) is 32.7 Å². The topological polar surface area (TPSA) is 68.1 Å². The molecule has 2 aromatic rings. The van der Waals surface area contributed by atoms with Gasteiger partial charge in [0, 0.05) is 5.56 Å². The quantitative estimate of drug-likeness (QED) is 0.686. The third-order valence-corrected chi connectivity index (χ3v) is 4.41. The fourth-order valence-corrected chi connectivity index (χ4v) is 3.12. The van der Waals surface area contributed by atoms with Crippen LogP contribution in [-0.2, 0) is 6.42 Å². The molecule has 1 aromatic heterocycles. The molecule has 1 aromatic carbocycles. The van der Waals surface area contributed by atoms with Crippen LogP contribution in [0, 0.1) is 23.0 Å². The van der Waals surface area contributed by atoms with E-state index in [-0.39, 0.29) is 11.7 Å². The zero-order valence-electron chi connectivity index (χ0n) is 12.7. The van der Waals surface area contributed by atoms with E-state index in [0.717, 1.165) is 12.8 Å². The summed E-state index contributed by atoms with van der Waals surface area (Å²) in [6.45, 7) is 3.97. The number of aromatic nitrogens is 1. The fraction of sp³-hybridized carbons (Fsp3) is 0.353. The van der Waals surface area contributed by atoms with Crippen LogP contribution in [0.2, 0.25) is 0 Å². The Labute approximate surface area is 129 Å². The highest BCUT2D eigenvalue weighted by Gasteiger charge is 2.26. The number of nitrogens with zero attached hydrogens (tertiary/aromatic N) is 2. The SMILES string of the molecule is Cc1cc(N[C@H]2c3ccccc3CC[C@H]2C)ncc1[N+](=O)[O-]. The highest BCUT2D eigenvalue weighted by Crippen LogP contribution is 2.36. The number of pyridine rings is 1. The molecule has 22 heavy (non-hydrogen) atoms. The van der Waals surface area contributed by atoms with Crippen molar-refractivity contribution < 1.29 is 4.92 Å². The summed E-state index contributed by atoms with van der Waals surface area (Å²) in [6, 6.07) is 10.4. The van der Waals surface area contributed by atoms with Gasteiger partial charge in [-0.1, -0.05) is 31.2 Å². The molecule has 5 nitrogen and oxygen atoms in total. The number of hydrogen-bond donors (Lipinski definition) is 1. The summed E-state index contributed by atoms with van der Waals surface area (Å²) in [4.78, 5) is 14.7. The second-order valence-electron chi connectivity index (χ2n) is 5.95. The van der Waals surface area contributed by atoms with Gasteiger partial charge < -0.3 is 5.32 Å². The van der Waals surface area contributed by atoms with Gasteiger partial charge in [0.05, 0.1) is 11.0 Å². The highest BCUT2D eigenvalue weighted by molar-refractivity contribution is 5.49. The van der Waals surface area contributed by atoms with Crippen molar-refractivity contribution in [2.24, 2.45) is 5.92 Å². The lowest BCUT2D eigenvalue weighted by Gasteiger charge is -2.32. The summed E-state index contributed by atoms with van der Waals surface area (Å²) in [5.74, 6) is 1.18. The number of benzene rings is 1. The van der Waals surface area contributed by atoms with E-state index in [0.29, 0.717) is 17.3 Å². The first-order valence-corrected chi connectivity index (χ1v) is 7.51. The Morgan fingerprint density at radius 1 is 1.36 bits per heavy atom. The molecule has 0 amide bonds. The minimum atomic E-state index is -0.398. The van der Waals surface area contributed by atoms with Gasteiger partial charge in [-0.25, -0.2) is 4.98 Å². The van der Waals surface area contributed by atoms with E-state index in [1.807, 2.05) is 0 Å². The largest absolute Gasteiger partial charge is 0.363 e. The molecule has 114 valence electrons. The summed E-state index contributed by atoms with van der Waals surface area (Å²) >= 11 is 0. The summed E-state index contributed by atoms with van der Waals surface area (Å²) in [7, 11) is 0. The highest BCUT2D eigenvalue weighted by atomic mass is 16.6. The van der Waals surface area contributed by atoms with Gasteiger partial charge in [-0.2, -0.15) is 0 Å². The standard InChI is InChI=1S/C17H19N3O2/c1-11-7-8-13-5-3-4-6-14(13)17(11)19-16-9-12(2)15(10-18-16)20(21)22/h3-6,9-11,17H,7-8H2,1-2H3,(H,18,19)/t11-,17-/m1/s1. The Balaban J connectivity index is 1.90. The van der Waals surface area contributed by atoms with Crippen molar-refractivity contribution >= 4 is 11.5 Å². The summed E-state index contributed by atoms with van der Waals surface area (Å²) in [6.07, 6.45) is 3.56. The Hall–Kier alpha value is -2.43. The van der Waals surface area contributed by atoms with Crippen molar-refractivity contribution in [1.82, 2.24) is 4.98 Å². The van der Waals surface area contributed by atoms with Crippen molar-refractivity contribution in [3.63, 3.8) is 0 Å². The molecule has 0 aliphatic heterocycles. The number of anilines is 1. The predicted octanol–water partition coefficient (Wildman–Crippen LogP) is 4.03. The first kappa shape index (κ1) is 14.5. The molecular weight excluding hydrogens is 278 g/mol. The number of rotatable bonds is 3. The maximum atomic E-state index is 10.9. The molecule has 1 heterocycles. The number of hydrogen-bond acceptors (Lipinski definition) is 4. The van der Waals surface area contributed by atoms with E-state index in [1.165, 1.54) is 17.3 Å². The summed E-state index contributed by atoms with van der Waals surface area (Å²) < 4.78 is 0. The lowest BCUT2D eigenvalue weighted by atomic mass is 9.81. The van der Waals surface area contributed by atoms with Crippen molar-refractivity contribution in [3.8, 4) is 0 Å². The molecule has 0 saturated heterocycles. The van der Waals surface area contributed by atoms with Crippen LogP contribution in [0.25, 0.3) is 0 Å². The van der Waals surface area contributed by atoms with E-state index >= 15 is 0 Å². The van der Waals surface area contributed by atoms with Crippen LogP contribution in [0.1, 0.15) is 36.1 Å². The molecule has 0 spiro atoms. The minimum Gasteiger partial charge on any atom is -0.363 e. The van der Waals surface area contributed by atoms with Gasteiger partial charge in [0.1, 0.15) is 12.0 Å². The van der Waals surface area contributed by atoms with E-state index < -0.39 is 4.92 Å². The van der Waals surface area contributed by atoms with Crippen LogP contribution in [-0.4, -0.2) is 9.91 Å². The molecule has 0 unspecified atom stereocenters. The first-order valence-electron chi connectivity index (χ1n) is 7.51. The zero-order chi connectivity index (χ0) is 15.7. The molecule has 1 aliphatic rings. The molecule has 0 saturated carbocycles. The molecule has 0 fully saturated rings. The average Bonchev–Trinajstić information content (AvgIpc) is 2.50. The molecule has 1 N–H and O–H groups in total. The smallest absolute Gasteiger partial charge is 0.290 e. The molecule has 3 rings (SSSR count). The van der Waals surface area contributed by atoms with Gasteiger partial charge in [0.15, 0.2) is 0 Å². The number of aryl methyl sites for hydroxylation is 2. The van der Waals surface area contributed by atoms with E-state index in [9.17, 15) is 10.1 Å². The molecule has 1 aliphatic carbocycles. The maximum Gasteiger partial charge on any atom is 0.290 e. The van der Waals surface area contributed by atoms with Crippen LogP contribution in [0.3, 0.4) is 0 Å². The lowest BCUT2D eigenvalue weighted by molar-refractivity contribution is -0.385. The Morgan fingerprint density at radius 3 is 2.86 bits per heavy atom. The summed E-state index contributed by atoms with van der Waals surface area (Å²) in [5, 5.41) is 14.3. The minimum absolute atomic E-state index is 0.0580. The lowest BCUT2D eigenvalue weighted by Crippen LogP contribution is -2.25. The third kappa shape index (κ3) is 2.66. The van der Waals surface area contributed by atoms with Gasteiger partial charge >= 0.3 is 0 Å². The molecule has 2 atom stereocenters. The fourth-order valence-electron chi connectivity index (χ4n) is 3.12. The van der Waals surface area contributed by atoms with E-state index in [2.05, 4.69) is 41.5 Å². The second-order valence-corrected chi connectivity index (χ2v) is 5.95. The van der Waals surface area contributed by atoms with E-state index in [4.69, 9.17) is 0 Å². The Bertz CT molecular complexity index is 715. The maximum absolute atomic E-state index is 10.9. The monoisotopic (exact) mass is 297 g/mol. The second kappa shape index (κ2) is 5.75. The zero-order valence-corrected chi connectivity index (χ0v) is 12.7. The first-order chi connectivity index (χ1) is 10.6. The van der Waals surface area contributed by atoms with E-state index in [1.54, 1.807) is 13.0 Å². The van der Waals surface area contributed by atoms with Crippen LogP contribution in [0.5, 0.6) is 0 Å². The van der Waals surface area contributed by atoms with Crippen molar-refractivity contribution in [1.29, 1.82) is 0 Å². The van der Waals surface area contributed by atoms with Crippen LogP contribution >= 0.6 is 0 Å². The Morgan fingerprint density at radius 2 is 2.14 bits per heavy atom. The molecule has 0 radical (unpaired) electrons. The van der Waals surface area contributed by atoms with Gasteiger partial charge in [-0.3, -0.25) is 10.1 Å². The molecule has 5 heteroatoms. The summed E-state index contributed by atoms with van der Waals surface area (Å²) in [5.41, 5.74) is 3.36. The van der Waals surface area contributed by atoms with Crippen LogP contribution in [0.4, 0.5) is 11.5 Å². The van der Waals surface area contributed by atoms with Gasteiger partial charge in [0.25, 0.3) is 5.69 Å². The van der Waals surface area contributed by atoms with Gasteiger partial charge in [-0.05, 0) is 42.9 Å². The molecular formula is C17H19N3O2. The number of nitro groups is 1. The third-order valence-electron chi connectivity index (χ3n) is 4.41. The number of nitrogens with one attached hydrogen (secondary N) is 1. The van der Waals surface area contributed by atoms with Gasteiger partial charge in [-0.15, -0.1) is 0 Å². The number of fused-ring (bicyclic) bond motifs is 1. The van der Waals surface area contributed by atoms with Gasteiger partial charge in [0.2, 0.25) is 0 Å². The van der Waals surface area contributed by atoms with Crippen LogP contribution < -0.4 is 5.32 Å². The Kier molecular flexibility index (Phi) is 3.79. The molecule has 0 bridgehead atoms. The van der Waals surface area contributed by atoms with Crippen molar-refractivity contribution in [2.75, 3.05) is 5.32 Å². The average molecular weight is 297 g/mol. The normalized spacial score (nSPS) is 20.3. The van der Waals surface area contributed by atoms with Crippen LogP contribution in [0.15, 0.2) is 36.5 Å².